The fourth-order valence-electron chi connectivity index (χ4n) is 3.82. The van der Waals surface area contributed by atoms with E-state index in [-0.39, 0.29) is 30.0 Å². The van der Waals surface area contributed by atoms with Gasteiger partial charge >= 0.3 is 5.97 Å². The van der Waals surface area contributed by atoms with Crippen molar-refractivity contribution in [2.45, 2.75) is 96.2 Å². The second-order valence-electron chi connectivity index (χ2n) is 8.18. The molecule has 1 rings (SSSR count). The Morgan fingerprint density at radius 2 is 1.96 bits per heavy atom. The van der Waals surface area contributed by atoms with Crippen LogP contribution in [0.3, 0.4) is 0 Å². The molecule has 0 bridgehead atoms. The molecule has 0 radical (unpaired) electrons. The first kappa shape index (κ1) is 23.8. The van der Waals surface area contributed by atoms with Crippen LogP contribution in [-0.2, 0) is 14.3 Å². The number of hydrogen-bond acceptors (Lipinski definition) is 5. The first-order chi connectivity index (χ1) is 12.8. The number of aliphatic hydroxyl groups is 2. The zero-order valence-electron chi connectivity index (χ0n) is 17.3. The van der Waals surface area contributed by atoms with Crippen molar-refractivity contribution in [1.29, 1.82) is 0 Å². The molecule has 5 nitrogen and oxygen atoms in total. The van der Waals surface area contributed by atoms with Gasteiger partial charge in [-0.2, -0.15) is 0 Å². The van der Waals surface area contributed by atoms with Gasteiger partial charge in [0.25, 0.3) is 0 Å². The fourth-order valence-corrected chi connectivity index (χ4v) is 3.82. The number of rotatable bonds is 13. The van der Waals surface area contributed by atoms with Gasteiger partial charge in [-0.15, -0.1) is 0 Å². The zero-order valence-corrected chi connectivity index (χ0v) is 17.3. The van der Waals surface area contributed by atoms with Crippen molar-refractivity contribution in [2.75, 3.05) is 7.11 Å². The molecular weight excluding hydrogens is 344 g/mol. The standard InChI is InChI=1S/C22H38O5/c1-4-5-14-22(2,26)15-10-12-18-17(19(23)16-20(18)24)11-8-6-7-9-13-21(25)27-3/h10,12,17-18,20,24,26H,4-9,11,13-16H2,1-3H3/b12-10+/t17-,18-,20+,22-/m0/s1. The van der Waals surface area contributed by atoms with E-state index in [2.05, 4.69) is 11.7 Å². The highest BCUT2D eigenvalue weighted by Gasteiger charge is 2.39. The van der Waals surface area contributed by atoms with Crippen LogP contribution in [0.25, 0.3) is 0 Å². The second-order valence-corrected chi connectivity index (χ2v) is 8.18. The van der Waals surface area contributed by atoms with Gasteiger partial charge in [-0.1, -0.05) is 51.2 Å². The van der Waals surface area contributed by atoms with E-state index in [1.54, 1.807) is 0 Å². The van der Waals surface area contributed by atoms with Gasteiger partial charge in [0.05, 0.1) is 18.8 Å². The van der Waals surface area contributed by atoms with Crippen LogP contribution in [0.5, 0.6) is 0 Å². The van der Waals surface area contributed by atoms with E-state index in [1.807, 2.05) is 19.1 Å². The predicted molar refractivity (Wildman–Crippen MR) is 106 cm³/mol. The highest BCUT2D eigenvalue weighted by molar-refractivity contribution is 5.84. The van der Waals surface area contributed by atoms with Gasteiger partial charge in [0.15, 0.2) is 0 Å². The lowest BCUT2D eigenvalue weighted by Gasteiger charge is -2.22. The number of ketones is 1. The number of esters is 1. The quantitative estimate of drug-likeness (QED) is 0.286. The predicted octanol–water partition coefficient (Wildman–Crippen LogP) is 3.95. The molecule has 0 aromatic heterocycles. The minimum atomic E-state index is -0.727. The SMILES string of the molecule is CCCC[C@](C)(O)C/C=C/[C@@H]1[C@H](O)CC(=O)[C@H]1CCCCCCC(=O)OC. The topological polar surface area (TPSA) is 83.8 Å². The maximum absolute atomic E-state index is 12.2. The normalized spacial score (nSPS) is 25.1. The van der Waals surface area contributed by atoms with Crippen LogP contribution in [0.2, 0.25) is 0 Å². The molecular formula is C22H38O5. The number of aliphatic hydroxyl groups excluding tert-OH is 1. The van der Waals surface area contributed by atoms with E-state index in [0.717, 1.165) is 51.4 Å². The summed E-state index contributed by atoms with van der Waals surface area (Å²) in [6.45, 7) is 3.95. The highest BCUT2D eigenvalue weighted by atomic mass is 16.5. The first-order valence-corrected chi connectivity index (χ1v) is 10.5. The molecule has 0 aliphatic heterocycles. The third kappa shape index (κ3) is 9.02. The van der Waals surface area contributed by atoms with Crippen LogP contribution in [0.15, 0.2) is 12.2 Å². The van der Waals surface area contributed by atoms with Crippen LogP contribution in [-0.4, -0.2) is 40.8 Å². The highest BCUT2D eigenvalue weighted by Crippen LogP contribution is 2.34. The number of unbranched alkanes of at least 4 members (excludes halogenated alkanes) is 4. The van der Waals surface area contributed by atoms with Gasteiger partial charge in [0.2, 0.25) is 0 Å². The molecule has 0 saturated heterocycles. The number of carbonyl (C=O) groups excluding carboxylic acids is 2. The average molecular weight is 383 g/mol. The van der Waals surface area contributed by atoms with E-state index in [0.29, 0.717) is 12.8 Å². The minimum Gasteiger partial charge on any atom is -0.469 e. The molecule has 4 atom stereocenters. The fraction of sp³-hybridized carbons (Fsp3) is 0.818. The van der Waals surface area contributed by atoms with Crippen LogP contribution in [0, 0.1) is 11.8 Å². The minimum absolute atomic E-state index is 0.127. The lowest BCUT2D eigenvalue weighted by atomic mass is 9.87. The molecule has 1 saturated carbocycles. The maximum Gasteiger partial charge on any atom is 0.305 e. The lowest BCUT2D eigenvalue weighted by molar-refractivity contribution is -0.140. The third-order valence-electron chi connectivity index (χ3n) is 5.59. The Kier molecular flexibility index (Phi) is 10.9. The van der Waals surface area contributed by atoms with Crippen molar-refractivity contribution in [1.82, 2.24) is 0 Å². The van der Waals surface area contributed by atoms with Gasteiger partial charge in [0, 0.05) is 24.7 Å². The summed E-state index contributed by atoms with van der Waals surface area (Å²) < 4.78 is 4.62. The molecule has 2 N–H and O–H groups in total. The van der Waals surface area contributed by atoms with Gasteiger partial charge in [-0.25, -0.2) is 0 Å². The molecule has 0 aromatic carbocycles. The van der Waals surface area contributed by atoms with Crippen molar-refractivity contribution in [3.05, 3.63) is 12.2 Å². The molecule has 27 heavy (non-hydrogen) atoms. The third-order valence-corrected chi connectivity index (χ3v) is 5.59. The number of carbonyl (C=O) groups is 2. The number of methoxy groups -OCH3 is 1. The largest absolute Gasteiger partial charge is 0.469 e. The Bertz CT molecular complexity index is 483. The molecule has 0 aromatic rings. The summed E-state index contributed by atoms with van der Waals surface area (Å²) in [5.41, 5.74) is -0.727. The van der Waals surface area contributed by atoms with Crippen LogP contribution < -0.4 is 0 Å². The molecule has 1 aliphatic rings. The Balaban J connectivity index is 2.42. The van der Waals surface area contributed by atoms with Crippen LogP contribution in [0.1, 0.15) is 84.5 Å². The van der Waals surface area contributed by atoms with Gasteiger partial charge in [-0.3, -0.25) is 9.59 Å². The molecule has 0 heterocycles. The summed E-state index contributed by atoms with van der Waals surface area (Å²) >= 11 is 0. The Morgan fingerprint density at radius 1 is 1.26 bits per heavy atom. The van der Waals surface area contributed by atoms with Gasteiger partial charge in [0.1, 0.15) is 5.78 Å². The van der Waals surface area contributed by atoms with Gasteiger partial charge in [-0.05, 0) is 32.6 Å². The molecule has 0 spiro atoms. The Hall–Kier alpha value is -1.20. The summed E-state index contributed by atoms with van der Waals surface area (Å²) in [5, 5.41) is 20.6. The summed E-state index contributed by atoms with van der Waals surface area (Å²) in [4.78, 5) is 23.3. The average Bonchev–Trinajstić information content (AvgIpc) is 2.89. The number of ether oxygens (including phenoxy) is 1. The molecule has 156 valence electrons. The Labute approximate surface area is 164 Å². The molecule has 1 aliphatic carbocycles. The lowest BCUT2D eigenvalue weighted by Crippen LogP contribution is -2.23. The molecule has 0 unspecified atom stereocenters. The second kappa shape index (κ2) is 12.3. The summed E-state index contributed by atoms with van der Waals surface area (Å²) in [5.74, 6) is -0.305. The summed E-state index contributed by atoms with van der Waals surface area (Å²) in [6.07, 6.45) is 11.7. The summed E-state index contributed by atoms with van der Waals surface area (Å²) in [7, 11) is 1.40. The van der Waals surface area contributed by atoms with Crippen molar-refractivity contribution in [3.8, 4) is 0 Å². The van der Waals surface area contributed by atoms with Gasteiger partial charge < -0.3 is 14.9 Å². The number of hydrogen-bond donors (Lipinski definition) is 2. The summed E-state index contributed by atoms with van der Waals surface area (Å²) in [6, 6.07) is 0. The zero-order chi connectivity index (χ0) is 20.3. The van der Waals surface area contributed by atoms with E-state index in [9.17, 15) is 19.8 Å². The number of Topliss-reactive ketones (excluding diaryl/α,β-unsaturated/α-hetero) is 1. The van der Waals surface area contributed by atoms with Crippen molar-refractivity contribution in [3.63, 3.8) is 0 Å². The van der Waals surface area contributed by atoms with Crippen molar-refractivity contribution < 1.29 is 24.5 Å². The van der Waals surface area contributed by atoms with Crippen molar-refractivity contribution >= 4 is 11.8 Å². The van der Waals surface area contributed by atoms with E-state index in [1.165, 1.54) is 7.11 Å². The first-order valence-electron chi connectivity index (χ1n) is 10.5. The van der Waals surface area contributed by atoms with E-state index in [4.69, 9.17) is 0 Å². The van der Waals surface area contributed by atoms with E-state index >= 15 is 0 Å². The van der Waals surface area contributed by atoms with Crippen LogP contribution in [0.4, 0.5) is 0 Å². The maximum atomic E-state index is 12.2. The monoisotopic (exact) mass is 382 g/mol. The van der Waals surface area contributed by atoms with Crippen molar-refractivity contribution in [2.24, 2.45) is 11.8 Å². The van der Waals surface area contributed by atoms with E-state index < -0.39 is 11.7 Å². The smallest absolute Gasteiger partial charge is 0.305 e. The van der Waals surface area contributed by atoms with Crippen LogP contribution >= 0.6 is 0 Å². The molecule has 5 heteroatoms. The molecule has 1 fully saturated rings. The Morgan fingerprint density at radius 3 is 2.63 bits per heavy atom. The molecule has 0 amide bonds.